The number of nitrogens with zero attached hydrogens (tertiary/aromatic N) is 1. The van der Waals surface area contributed by atoms with Crippen molar-refractivity contribution >= 4 is 29.3 Å². The van der Waals surface area contributed by atoms with Gasteiger partial charge in [-0.05, 0) is 35.9 Å². The van der Waals surface area contributed by atoms with E-state index in [-0.39, 0.29) is 11.8 Å². The highest BCUT2D eigenvalue weighted by molar-refractivity contribution is 6.11. The van der Waals surface area contributed by atoms with Gasteiger partial charge in [0, 0.05) is 23.7 Å². The maximum absolute atomic E-state index is 12.5. The molecule has 0 aliphatic heterocycles. The summed E-state index contributed by atoms with van der Waals surface area (Å²) in [5.74, 6) is -0.495. The maximum atomic E-state index is 12.5. The van der Waals surface area contributed by atoms with Gasteiger partial charge in [-0.2, -0.15) is 5.10 Å². The Morgan fingerprint density at radius 1 is 0.793 bits per heavy atom. The number of benzene rings is 3. The maximum Gasteiger partial charge on any atom is 0.271 e. The molecule has 0 aliphatic carbocycles. The van der Waals surface area contributed by atoms with E-state index in [1.807, 2.05) is 72.8 Å². The SMILES string of the molecule is CC(=O)Nc1ccc(C(=O)N/N=C(/C=C/c2ccccc2)c2ccccc2)cc1. The van der Waals surface area contributed by atoms with Crippen molar-refractivity contribution in [1.82, 2.24) is 5.43 Å². The topological polar surface area (TPSA) is 70.6 Å². The van der Waals surface area contributed by atoms with Crippen molar-refractivity contribution in [3.8, 4) is 0 Å². The minimum atomic E-state index is -0.332. The molecule has 144 valence electrons. The summed E-state index contributed by atoms with van der Waals surface area (Å²) in [5, 5.41) is 6.98. The smallest absolute Gasteiger partial charge is 0.271 e. The number of rotatable bonds is 6. The van der Waals surface area contributed by atoms with E-state index in [1.54, 1.807) is 24.3 Å². The first kappa shape index (κ1) is 19.8. The van der Waals surface area contributed by atoms with Crippen LogP contribution >= 0.6 is 0 Å². The second-order valence-electron chi connectivity index (χ2n) is 6.31. The van der Waals surface area contributed by atoms with E-state index in [0.29, 0.717) is 17.0 Å². The summed E-state index contributed by atoms with van der Waals surface area (Å²) >= 11 is 0. The molecular weight excluding hydrogens is 362 g/mol. The molecule has 3 aromatic rings. The molecule has 5 nitrogen and oxygen atoms in total. The molecule has 2 N–H and O–H groups in total. The van der Waals surface area contributed by atoms with Crippen LogP contribution in [0.2, 0.25) is 0 Å². The van der Waals surface area contributed by atoms with Crippen LogP contribution < -0.4 is 10.7 Å². The molecule has 5 heteroatoms. The Morgan fingerprint density at radius 3 is 2.03 bits per heavy atom. The largest absolute Gasteiger partial charge is 0.326 e. The third-order valence-electron chi connectivity index (χ3n) is 4.05. The van der Waals surface area contributed by atoms with Gasteiger partial charge in [0.1, 0.15) is 0 Å². The van der Waals surface area contributed by atoms with Gasteiger partial charge in [0.2, 0.25) is 5.91 Å². The molecule has 0 heterocycles. The normalized spacial score (nSPS) is 11.3. The first-order valence-electron chi connectivity index (χ1n) is 9.16. The molecule has 0 bridgehead atoms. The standard InChI is InChI=1S/C24H21N3O2/c1-18(28)25-22-15-13-21(14-16-22)24(29)27-26-23(20-10-6-3-7-11-20)17-12-19-8-4-2-5-9-19/h2-17H,1H3,(H,25,28)(H,27,29)/b17-12+,26-23-. The van der Waals surface area contributed by atoms with E-state index in [9.17, 15) is 9.59 Å². The van der Waals surface area contributed by atoms with Gasteiger partial charge in [-0.15, -0.1) is 0 Å². The molecular formula is C24H21N3O2. The number of hydrogen-bond donors (Lipinski definition) is 2. The van der Waals surface area contributed by atoms with E-state index in [4.69, 9.17) is 0 Å². The molecule has 0 fully saturated rings. The highest BCUT2D eigenvalue weighted by Gasteiger charge is 2.06. The molecule has 0 spiro atoms. The number of anilines is 1. The number of hydrogen-bond acceptors (Lipinski definition) is 3. The average Bonchev–Trinajstić information content (AvgIpc) is 2.75. The van der Waals surface area contributed by atoms with Crippen molar-refractivity contribution < 1.29 is 9.59 Å². The Kier molecular flexibility index (Phi) is 6.68. The number of carbonyl (C=O) groups is 2. The molecule has 2 amide bonds. The Balaban J connectivity index is 1.78. The summed E-state index contributed by atoms with van der Waals surface area (Å²) in [6.45, 7) is 1.43. The molecule has 29 heavy (non-hydrogen) atoms. The number of allylic oxidation sites excluding steroid dienone is 1. The van der Waals surface area contributed by atoms with Crippen molar-refractivity contribution in [2.45, 2.75) is 6.92 Å². The van der Waals surface area contributed by atoms with Gasteiger partial charge in [-0.1, -0.05) is 66.7 Å². The number of nitrogens with one attached hydrogen (secondary N) is 2. The fourth-order valence-corrected chi connectivity index (χ4v) is 2.63. The van der Waals surface area contributed by atoms with Crippen LogP contribution in [0.3, 0.4) is 0 Å². The molecule has 0 aliphatic rings. The van der Waals surface area contributed by atoms with E-state index in [2.05, 4.69) is 15.8 Å². The fourth-order valence-electron chi connectivity index (χ4n) is 2.63. The zero-order valence-electron chi connectivity index (χ0n) is 16.0. The lowest BCUT2D eigenvalue weighted by molar-refractivity contribution is -0.114. The summed E-state index contributed by atoms with van der Waals surface area (Å²) in [7, 11) is 0. The van der Waals surface area contributed by atoms with E-state index >= 15 is 0 Å². The monoisotopic (exact) mass is 383 g/mol. The van der Waals surface area contributed by atoms with Crippen LogP contribution in [-0.4, -0.2) is 17.5 Å². The molecule has 0 unspecified atom stereocenters. The number of carbonyl (C=O) groups excluding carboxylic acids is 2. The highest BCUT2D eigenvalue weighted by atomic mass is 16.2. The average molecular weight is 383 g/mol. The summed E-state index contributed by atoms with van der Waals surface area (Å²) in [6.07, 6.45) is 3.81. The Morgan fingerprint density at radius 2 is 1.41 bits per heavy atom. The second-order valence-corrected chi connectivity index (χ2v) is 6.31. The van der Waals surface area contributed by atoms with Crippen molar-refractivity contribution in [3.63, 3.8) is 0 Å². The van der Waals surface area contributed by atoms with Crippen molar-refractivity contribution in [3.05, 3.63) is 108 Å². The van der Waals surface area contributed by atoms with E-state index in [0.717, 1.165) is 11.1 Å². The van der Waals surface area contributed by atoms with Crippen LogP contribution in [-0.2, 0) is 4.79 Å². The molecule has 3 aromatic carbocycles. The molecule has 0 saturated carbocycles. The van der Waals surface area contributed by atoms with Gasteiger partial charge in [0.25, 0.3) is 5.91 Å². The van der Waals surface area contributed by atoms with Crippen molar-refractivity contribution in [1.29, 1.82) is 0 Å². The first-order valence-corrected chi connectivity index (χ1v) is 9.16. The predicted octanol–water partition coefficient (Wildman–Crippen LogP) is 4.49. The van der Waals surface area contributed by atoms with Gasteiger partial charge >= 0.3 is 0 Å². The minimum Gasteiger partial charge on any atom is -0.326 e. The zero-order chi connectivity index (χ0) is 20.5. The summed E-state index contributed by atoms with van der Waals surface area (Å²) in [5.41, 5.74) is 6.25. The van der Waals surface area contributed by atoms with Crippen LogP contribution in [0.4, 0.5) is 5.69 Å². The highest BCUT2D eigenvalue weighted by Crippen LogP contribution is 2.10. The van der Waals surface area contributed by atoms with Crippen LogP contribution in [0.15, 0.2) is 96.1 Å². The Bertz CT molecular complexity index is 1020. The van der Waals surface area contributed by atoms with Gasteiger partial charge in [0.15, 0.2) is 0 Å². The molecule has 0 radical (unpaired) electrons. The Hall–Kier alpha value is -3.99. The van der Waals surface area contributed by atoms with Gasteiger partial charge in [-0.25, -0.2) is 5.43 Å². The van der Waals surface area contributed by atoms with Crippen molar-refractivity contribution in [2.75, 3.05) is 5.32 Å². The van der Waals surface area contributed by atoms with Crippen molar-refractivity contribution in [2.24, 2.45) is 5.10 Å². The summed E-state index contributed by atoms with van der Waals surface area (Å²) in [4.78, 5) is 23.6. The molecule has 0 aromatic heterocycles. The number of amides is 2. The predicted molar refractivity (Wildman–Crippen MR) is 117 cm³/mol. The third kappa shape index (κ3) is 6.01. The molecule has 0 atom stereocenters. The third-order valence-corrected chi connectivity index (χ3v) is 4.05. The lowest BCUT2D eigenvalue weighted by atomic mass is 10.1. The van der Waals surface area contributed by atoms with E-state index < -0.39 is 0 Å². The molecule has 3 rings (SSSR count). The minimum absolute atomic E-state index is 0.162. The molecule has 0 saturated heterocycles. The van der Waals surface area contributed by atoms with Crippen LogP contribution in [0.5, 0.6) is 0 Å². The lowest BCUT2D eigenvalue weighted by Gasteiger charge is -2.06. The number of hydrazone groups is 1. The van der Waals surface area contributed by atoms with Gasteiger partial charge in [-0.3, -0.25) is 9.59 Å². The first-order chi connectivity index (χ1) is 14.1. The summed E-state index contributed by atoms with van der Waals surface area (Å²) < 4.78 is 0. The fraction of sp³-hybridized carbons (Fsp3) is 0.0417. The van der Waals surface area contributed by atoms with E-state index in [1.165, 1.54) is 6.92 Å². The second kappa shape index (κ2) is 9.80. The van der Waals surface area contributed by atoms with Crippen LogP contribution in [0.25, 0.3) is 6.08 Å². The lowest BCUT2D eigenvalue weighted by Crippen LogP contribution is -2.19. The van der Waals surface area contributed by atoms with Gasteiger partial charge in [0.05, 0.1) is 5.71 Å². The summed E-state index contributed by atoms with van der Waals surface area (Å²) in [6, 6.07) is 26.1. The zero-order valence-corrected chi connectivity index (χ0v) is 16.0. The quantitative estimate of drug-likeness (QED) is 0.486. The van der Waals surface area contributed by atoms with Crippen LogP contribution in [0, 0.1) is 0 Å². The van der Waals surface area contributed by atoms with Gasteiger partial charge < -0.3 is 5.32 Å². The Labute approximate surface area is 169 Å². The van der Waals surface area contributed by atoms with Crippen LogP contribution in [0.1, 0.15) is 28.4 Å².